The van der Waals surface area contributed by atoms with Crippen LogP contribution < -0.4 is 5.32 Å². The van der Waals surface area contributed by atoms with Crippen molar-refractivity contribution in [1.82, 2.24) is 5.32 Å². The molecular weight excluding hydrogens is 359 g/mol. The summed E-state index contributed by atoms with van der Waals surface area (Å²) in [6, 6.07) is 15.0. The zero-order chi connectivity index (χ0) is 18.3. The summed E-state index contributed by atoms with van der Waals surface area (Å²) in [6.45, 7) is 0. The van der Waals surface area contributed by atoms with E-state index in [1.807, 2.05) is 18.2 Å². The van der Waals surface area contributed by atoms with Crippen LogP contribution in [0.15, 0.2) is 54.6 Å². The number of carbonyl (C=O) groups excluding carboxylic acids is 1. The molecule has 26 heavy (non-hydrogen) atoms. The molecule has 1 N–H and O–H groups in total. The Labute approximate surface area is 152 Å². The van der Waals surface area contributed by atoms with E-state index in [-0.39, 0.29) is 17.5 Å². The number of fused-ring (bicyclic) bond motifs is 1. The number of nitrogens with one attached hydrogen (secondary N) is 1. The molecule has 0 aliphatic heterocycles. The molecule has 0 saturated heterocycles. The highest BCUT2D eigenvalue weighted by molar-refractivity contribution is 7.19. The fourth-order valence-corrected chi connectivity index (χ4v) is 4.64. The minimum Gasteiger partial charge on any atom is -0.349 e. The number of rotatable bonds is 3. The average Bonchev–Trinajstić information content (AvgIpc) is 3.00. The second kappa shape index (κ2) is 6.43. The Morgan fingerprint density at radius 3 is 2.46 bits per heavy atom. The van der Waals surface area contributed by atoms with E-state index in [2.05, 4.69) is 17.4 Å². The molecule has 134 valence electrons. The molecule has 2 unspecified atom stereocenters. The van der Waals surface area contributed by atoms with Crippen LogP contribution in [0.2, 0.25) is 0 Å². The van der Waals surface area contributed by atoms with Gasteiger partial charge < -0.3 is 5.32 Å². The minimum absolute atomic E-state index is 0.128. The van der Waals surface area contributed by atoms with E-state index in [9.17, 15) is 18.0 Å². The van der Waals surface area contributed by atoms with Gasteiger partial charge in [-0.05, 0) is 42.5 Å². The van der Waals surface area contributed by atoms with Crippen molar-refractivity contribution in [3.8, 4) is 0 Å². The normalized spacial score (nSPS) is 20.0. The van der Waals surface area contributed by atoms with Crippen LogP contribution in [0.5, 0.6) is 0 Å². The van der Waals surface area contributed by atoms with Gasteiger partial charge in [0, 0.05) is 21.5 Å². The summed E-state index contributed by atoms with van der Waals surface area (Å²) in [6.07, 6.45) is -2.84. The lowest BCUT2D eigenvalue weighted by molar-refractivity contribution is -0.137. The van der Waals surface area contributed by atoms with Crippen LogP contribution in [0, 0.1) is 0 Å². The zero-order valence-electron chi connectivity index (χ0n) is 13.7. The molecule has 3 aromatic rings. The molecule has 1 heterocycles. The summed E-state index contributed by atoms with van der Waals surface area (Å²) in [5, 5.41) is 3.96. The van der Waals surface area contributed by atoms with Gasteiger partial charge in [0.1, 0.15) is 0 Å². The van der Waals surface area contributed by atoms with Gasteiger partial charge >= 0.3 is 6.18 Å². The Hall–Kier alpha value is -2.34. The number of hydrogen-bond donors (Lipinski definition) is 1. The van der Waals surface area contributed by atoms with Gasteiger partial charge in [0.25, 0.3) is 5.91 Å². The van der Waals surface area contributed by atoms with Crippen LogP contribution in [0.25, 0.3) is 10.1 Å². The van der Waals surface area contributed by atoms with Crippen molar-refractivity contribution in [3.63, 3.8) is 0 Å². The first-order valence-corrected chi connectivity index (χ1v) is 9.21. The maximum absolute atomic E-state index is 13.1. The molecule has 1 aliphatic rings. The van der Waals surface area contributed by atoms with Gasteiger partial charge in [-0.3, -0.25) is 4.79 Å². The number of amides is 1. The highest BCUT2D eigenvalue weighted by Crippen LogP contribution is 2.42. The Morgan fingerprint density at radius 1 is 1.04 bits per heavy atom. The molecule has 4 rings (SSSR count). The number of alkyl halides is 3. The standard InChI is InChI=1S/C20H16F3NOS/c21-20(22,23)15-7-3-2-6-13(15)19(25)24-16-10-9-14(16)18-11-12-5-1-4-8-17(12)26-18/h1-8,11,14,16H,9-10H2,(H,24,25). The van der Waals surface area contributed by atoms with Crippen molar-refractivity contribution in [1.29, 1.82) is 0 Å². The first-order chi connectivity index (χ1) is 12.4. The third kappa shape index (κ3) is 3.09. The van der Waals surface area contributed by atoms with E-state index in [0.717, 1.165) is 24.3 Å². The van der Waals surface area contributed by atoms with Gasteiger partial charge in [-0.1, -0.05) is 30.3 Å². The van der Waals surface area contributed by atoms with E-state index in [4.69, 9.17) is 0 Å². The Balaban J connectivity index is 1.54. The predicted octanol–water partition coefficient (Wildman–Crippen LogP) is 5.60. The number of thiophene rings is 1. The highest BCUT2D eigenvalue weighted by Gasteiger charge is 2.38. The SMILES string of the molecule is O=C(NC1CCC1c1cc2ccccc2s1)c1ccccc1C(F)(F)F. The molecule has 1 saturated carbocycles. The smallest absolute Gasteiger partial charge is 0.349 e. The van der Waals surface area contributed by atoms with E-state index < -0.39 is 17.6 Å². The molecule has 6 heteroatoms. The molecule has 2 aromatic carbocycles. The second-order valence-electron chi connectivity index (χ2n) is 6.49. The maximum atomic E-state index is 13.1. The molecule has 1 fully saturated rings. The Kier molecular flexibility index (Phi) is 4.23. The van der Waals surface area contributed by atoms with Gasteiger partial charge in [-0.2, -0.15) is 13.2 Å². The van der Waals surface area contributed by atoms with Crippen molar-refractivity contribution in [2.24, 2.45) is 0 Å². The predicted molar refractivity (Wildman–Crippen MR) is 96.5 cm³/mol. The maximum Gasteiger partial charge on any atom is 0.417 e. The van der Waals surface area contributed by atoms with Crippen LogP contribution in [-0.4, -0.2) is 11.9 Å². The van der Waals surface area contributed by atoms with Gasteiger partial charge in [0.2, 0.25) is 0 Å². The van der Waals surface area contributed by atoms with E-state index in [0.29, 0.717) is 0 Å². The number of hydrogen-bond acceptors (Lipinski definition) is 2. The van der Waals surface area contributed by atoms with Gasteiger partial charge in [0.15, 0.2) is 0 Å². The fraction of sp³-hybridized carbons (Fsp3) is 0.250. The third-order valence-corrected chi connectivity index (χ3v) is 6.13. The van der Waals surface area contributed by atoms with Crippen LogP contribution in [0.1, 0.15) is 39.6 Å². The molecule has 2 atom stereocenters. The van der Waals surface area contributed by atoms with E-state index >= 15 is 0 Å². The van der Waals surface area contributed by atoms with Crippen LogP contribution in [-0.2, 0) is 6.18 Å². The molecule has 1 aromatic heterocycles. The van der Waals surface area contributed by atoms with Gasteiger partial charge in [-0.15, -0.1) is 11.3 Å². The van der Waals surface area contributed by atoms with Crippen molar-refractivity contribution in [2.45, 2.75) is 31.0 Å². The first kappa shape index (κ1) is 17.1. The van der Waals surface area contributed by atoms with Crippen LogP contribution >= 0.6 is 11.3 Å². The highest BCUT2D eigenvalue weighted by atomic mass is 32.1. The second-order valence-corrected chi connectivity index (χ2v) is 7.61. The Bertz CT molecular complexity index is 930. The monoisotopic (exact) mass is 375 g/mol. The lowest BCUT2D eigenvalue weighted by Gasteiger charge is -2.36. The molecule has 0 radical (unpaired) electrons. The fourth-order valence-electron chi connectivity index (χ4n) is 3.37. The zero-order valence-corrected chi connectivity index (χ0v) is 14.5. The lowest BCUT2D eigenvalue weighted by atomic mass is 9.78. The summed E-state index contributed by atoms with van der Waals surface area (Å²) >= 11 is 1.68. The molecule has 2 nitrogen and oxygen atoms in total. The molecule has 0 bridgehead atoms. The summed E-state index contributed by atoms with van der Waals surface area (Å²) < 4.78 is 40.6. The Morgan fingerprint density at radius 2 is 1.77 bits per heavy atom. The molecule has 1 aliphatic carbocycles. The van der Waals surface area contributed by atoms with Gasteiger partial charge in [-0.25, -0.2) is 0 Å². The molecule has 0 spiro atoms. The van der Waals surface area contributed by atoms with Crippen molar-refractivity contribution in [3.05, 3.63) is 70.6 Å². The summed E-state index contributed by atoms with van der Waals surface area (Å²) in [5.74, 6) is -0.497. The topological polar surface area (TPSA) is 29.1 Å². The van der Waals surface area contributed by atoms with Crippen LogP contribution in [0.4, 0.5) is 13.2 Å². The summed E-state index contributed by atoms with van der Waals surface area (Å²) in [7, 11) is 0. The number of benzene rings is 2. The number of carbonyl (C=O) groups is 1. The number of halogens is 3. The van der Waals surface area contributed by atoms with Crippen molar-refractivity contribution in [2.75, 3.05) is 0 Å². The molecular formula is C20H16F3NOS. The third-order valence-electron chi connectivity index (χ3n) is 4.88. The minimum atomic E-state index is -4.54. The average molecular weight is 375 g/mol. The first-order valence-electron chi connectivity index (χ1n) is 8.39. The quantitative estimate of drug-likeness (QED) is 0.635. The summed E-state index contributed by atoms with van der Waals surface area (Å²) in [4.78, 5) is 13.6. The lowest BCUT2D eigenvalue weighted by Crippen LogP contribution is -2.45. The largest absolute Gasteiger partial charge is 0.417 e. The van der Waals surface area contributed by atoms with Crippen LogP contribution in [0.3, 0.4) is 0 Å². The van der Waals surface area contributed by atoms with Gasteiger partial charge in [0.05, 0.1) is 11.1 Å². The van der Waals surface area contributed by atoms with E-state index in [1.54, 1.807) is 11.3 Å². The van der Waals surface area contributed by atoms with Crippen molar-refractivity contribution < 1.29 is 18.0 Å². The molecule has 1 amide bonds. The summed E-state index contributed by atoms with van der Waals surface area (Å²) in [5.41, 5.74) is -1.21. The van der Waals surface area contributed by atoms with E-state index in [1.165, 1.54) is 27.8 Å². The van der Waals surface area contributed by atoms with Crippen molar-refractivity contribution >= 4 is 27.3 Å².